The second kappa shape index (κ2) is 5.84. The van der Waals surface area contributed by atoms with E-state index in [0.717, 1.165) is 23.2 Å². The van der Waals surface area contributed by atoms with Crippen LogP contribution in [0.25, 0.3) is 0 Å². The Morgan fingerprint density at radius 3 is 2.68 bits per heavy atom. The normalized spacial score (nSPS) is 18.6. The number of rotatable bonds is 3. The number of carbonyl (C=O) groups is 1. The molecule has 1 amide bonds. The molecule has 0 aliphatic carbocycles. The molecule has 3 nitrogen and oxygen atoms in total. The minimum absolute atomic E-state index is 0.107. The van der Waals surface area contributed by atoms with E-state index in [1.54, 1.807) is 0 Å². The number of hydrogen-bond donors (Lipinski definition) is 1. The first kappa shape index (κ1) is 14.6. The number of hydrogen-bond acceptors (Lipinski definition) is 2. The fourth-order valence-corrected chi connectivity index (χ4v) is 3.00. The predicted molar refractivity (Wildman–Crippen MR) is 89.9 cm³/mol. The molecule has 0 unspecified atom stereocenters. The third kappa shape index (κ3) is 2.47. The third-order valence-electron chi connectivity index (χ3n) is 4.39. The van der Waals surface area contributed by atoms with Crippen LogP contribution < -0.4 is 5.32 Å². The van der Waals surface area contributed by atoms with Crippen molar-refractivity contribution in [2.45, 2.75) is 39.4 Å². The van der Waals surface area contributed by atoms with E-state index in [9.17, 15) is 4.79 Å². The van der Waals surface area contributed by atoms with Crippen LogP contribution in [-0.4, -0.2) is 16.8 Å². The largest absolute Gasteiger partial charge is 0.361 e. The Labute approximate surface area is 132 Å². The number of fused-ring (bicyclic) bond motifs is 1. The average molecular weight is 294 g/mol. The van der Waals surface area contributed by atoms with Gasteiger partial charge in [0, 0.05) is 11.7 Å². The Bertz CT molecular complexity index is 695. The molecule has 0 fully saturated rings. The Morgan fingerprint density at radius 2 is 1.95 bits per heavy atom. The predicted octanol–water partition coefficient (Wildman–Crippen LogP) is 4.36. The summed E-state index contributed by atoms with van der Waals surface area (Å²) >= 11 is 0. The molecule has 0 saturated heterocycles. The molecule has 114 valence electrons. The summed E-state index contributed by atoms with van der Waals surface area (Å²) in [5.74, 6) is 0.107. The van der Waals surface area contributed by atoms with Crippen LogP contribution in [0.15, 0.2) is 48.5 Å². The van der Waals surface area contributed by atoms with Crippen molar-refractivity contribution in [2.75, 3.05) is 5.32 Å². The summed E-state index contributed by atoms with van der Waals surface area (Å²) in [6, 6.07) is 16.3. The maximum Gasteiger partial charge on any atom is 0.258 e. The number of anilines is 1. The Balaban J connectivity index is 2.09. The van der Waals surface area contributed by atoms with E-state index in [1.807, 2.05) is 35.2 Å². The fraction of sp³-hybridized carbons (Fsp3) is 0.316. The molecule has 0 aromatic heterocycles. The highest BCUT2D eigenvalue weighted by atomic mass is 16.2. The Hall–Kier alpha value is -2.29. The van der Waals surface area contributed by atoms with Crippen molar-refractivity contribution in [3.8, 4) is 0 Å². The number of carbonyl (C=O) groups excluding carboxylic acids is 1. The van der Waals surface area contributed by atoms with E-state index in [1.165, 1.54) is 5.56 Å². The van der Waals surface area contributed by atoms with Crippen LogP contribution in [0.4, 0.5) is 5.69 Å². The standard InChI is InChI=1S/C19H22N2O/c1-4-14(3)21-18(15-9-7-8-13(2)12-15)20-17-11-6-5-10-16(17)19(21)22/h5-12,14,18,20H,4H2,1-3H3/t14-,18+/m0/s1. The van der Waals surface area contributed by atoms with Crippen molar-refractivity contribution in [2.24, 2.45) is 0 Å². The molecule has 3 heteroatoms. The lowest BCUT2D eigenvalue weighted by molar-refractivity contribution is 0.0593. The van der Waals surface area contributed by atoms with E-state index < -0.39 is 0 Å². The van der Waals surface area contributed by atoms with Crippen molar-refractivity contribution < 1.29 is 4.79 Å². The van der Waals surface area contributed by atoms with Gasteiger partial charge in [-0.3, -0.25) is 4.79 Å². The lowest BCUT2D eigenvalue weighted by atomic mass is 10.00. The van der Waals surface area contributed by atoms with Gasteiger partial charge in [-0.25, -0.2) is 0 Å². The minimum Gasteiger partial charge on any atom is -0.361 e. The summed E-state index contributed by atoms with van der Waals surface area (Å²) in [7, 11) is 0. The maximum absolute atomic E-state index is 13.0. The van der Waals surface area contributed by atoms with Crippen LogP contribution in [0, 0.1) is 6.92 Å². The van der Waals surface area contributed by atoms with Gasteiger partial charge in [0.15, 0.2) is 0 Å². The highest BCUT2D eigenvalue weighted by Gasteiger charge is 2.35. The number of benzene rings is 2. The molecule has 0 saturated carbocycles. The lowest BCUT2D eigenvalue weighted by Gasteiger charge is -2.41. The second-order valence-electron chi connectivity index (χ2n) is 5.98. The van der Waals surface area contributed by atoms with Crippen molar-refractivity contribution in [3.63, 3.8) is 0 Å². The summed E-state index contributed by atoms with van der Waals surface area (Å²) < 4.78 is 0. The van der Waals surface area contributed by atoms with Gasteiger partial charge < -0.3 is 10.2 Å². The molecule has 1 N–H and O–H groups in total. The summed E-state index contributed by atoms with van der Waals surface area (Å²) in [6.45, 7) is 6.30. The van der Waals surface area contributed by atoms with Crippen molar-refractivity contribution in [3.05, 3.63) is 65.2 Å². The van der Waals surface area contributed by atoms with Gasteiger partial charge in [0.25, 0.3) is 5.91 Å². The van der Waals surface area contributed by atoms with Crippen LogP contribution >= 0.6 is 0 Å². The molecule has 1 heterocycles. The summed E-state index contributed by atoms with van der Waals surface area (Å²) in [5, 5.41) is 3.54. The quantitative estimate of drug-likeness (QED) is 0.912. The zero-order valence-corrected chi connectivity index (χ0v) is 13.3. The second-order valence-corrected chi connectivity index (χ2v) is 5.98. The molecular formula is C19H22N2O. The average Bonchev–Trinajstić information content (AvgIpc) is 2.54. The topological polar surface area (TPSA) is 32.3 Å². The molecule has 3 rings (SSSR count). The third-order valence-corrected chi connectivity index (χ3v) is 4.39. The van der Waals surface area contributed by atoms with E-state index in [0.29, 0.717) is 0 Å². The first-order valence-corrected chi connectivity index (χ1v) is 7.86. The molecule has 0 radical (unpaired) electrons. The fourth-order valence-electron chi connectivity index (χ4n) is 3.00. The number of aryl methyl sites for hydroxylation is 1. The molecule has 2 aromatic rings. The number of para-hydroxylation sites is 1. The van der Waals surface area contributed by atoms with Gasteiger partial charge in [0.2, 0.25) is 0 Å². The molecule has 1 aliphatic heterocycles. The van der Waals surface area contributed by atoms with Gasteiger partial charge >= 0.3 is 0 Å². The number of nitrogens with one attached hydrogen (secondary N) is 1. The summed E-state index contributed by atoms with van der Waals surface area (Å²) in [6.07, 6.45) is 0.815. The van der Waals surface area contributed by atoms with Crippen LogP contribution in [0.5, 0.6) is 0 Å². The maximum atomic E-state index is 13.0. The van der Waals surface area contributed by atoms with E-state index >= 15 is 0 Å². The number of nitrogens with zero attached hydrogens (tertiary/aromatic N) is 1. The highest BCUT2D eigenvalue weighted by Crippen LogP contribution is 2.35. The monoisotopic (exact) mass is 294 g/mol. The van der Waals surface area contributed by atoms with Gasteiger partial charge in [0.1, 0.15) is 6.17 Å². The van der Waals surface area contributed by atoms with Gasteiger partial charge in [-0.15, -0.1) is 0 Å². The minimum atomic E-state index is -0.114. The first-order valence-electron chi connectivity index (χ1n) is 7.86. The zero-order chi connectivity index (χ0) is 15.7. The summed E-state index contributed by atoms with van der Waals surface area (Å²) in [4.78, 5) is 14.9. The molecule has 22 heavy (non-hydrogen) atoms. The van der Waals surface area contributed by atoms with Crippen LogP contribution in [-0.2, 0) is 0 Å². The molecule has 2 atom stereocenters. The Morgan fingerprint density at radius 1 is 1.18 bits per heavy atom. The van der Waals surface area contributed by atoms with Crippen molar-refractivity contribution in [1.29, 1.82) is 0 Å². The van der Waals surface area contributed by atoms with Gasteiger partial charge in [-0.2, -0.15) is 0 Å². The molecule has 0 bridgehead atoms. The van der Waals surface area contributed by atoms with Crippen molar-refractivity contribution >= 4 is 11.6 Å². The van der Waals surface area contributed by atoms with Crippen LogP contribution in [0.2, 0.25) is 0 Å². The first-order chi connectivity index (χ1) is 10.6. The highest BCUT2D eigenvalue weighted by molar-refractivity contribution is 6.01. The SMILES string of the molecule is CC[C@H](C)N1C(=O)c2ccccc2N[C@H]1c1cccc(C)c1. The van der Waals surface area contributed by atoms with Crippen LogP contribution in [0.3, 0.4) is 0 Å². The lowest BCUT2D eigenvalue weighted by Crippen LogP contribution is -2.47. The van der Waals surface area contributed by atoms with Crippen LogP contribution in [0.1, 0.15) is 47.9 Å². The Kier molecular flexibility index (Phi) is 3.88. The van der Waals surface area contributed by atoms with Gasteiger partial charge in [0.05, 0.1) is 5.56 Å². The van der Waals surface area contributed by atoms with E-state index in [4.69, 9.17) is 0 Å². The molecule has 1 aliphatic rings. The molecule has 2 aromatic carbocycles. The van der Waals surface area contributed by atoms with E-state index in [-0.39, 0.29) is 18.1 Å². The smallest absolute Gasteiger partial charge is 0.258 e. The summed E-state index contributed by atoms with van der Waals surface area (Å²) in [5.41, 5.74) is 4.00. The van der Waals surface area contributed by atoms with Gasteiger partial charge in [-0.05, 0) is 38.0 Å². The van der Waals surface area contributed by atoms with Crippen molar-refractivity contribution in [1.82, 2.24) is 4.90 Å². The molecule has 0 spiro atoms. The number of amides is 1. The van der Waals surface area contributed by atoms with E-state index in [2.05, 4.69) is 44.3 Å². The molecular weight excluding hydrogens is 272 g/mol. The van der Waals surface area contributed by atoms with Gasteiger partial charge in [-0.1, -0.05) is 48.9 Å². The zero-order valence-electron chi connectivity index (χ0n) is 13.3.